The summed E-state index contributed by atoms with van der Waals surface area (Å²) in [7, 11) is -3.43. The minimum atomic E-state index is -3.43. The van der Waals surface area contributed by atoms with Gasteiger partial charge in [-0.15, -0.1) is 0 Å². The molecule has 2 N–H and O–H groups in total. The number of benzene rings is 3. The number of hydrogen-bond acceptors (Lipinski definition) is 4. The van der Waals surface area contributed by atoms with Crippen molar-refractivity contribution in [3.05, 3.63) is 102 Å². The van der Waals surface area contributed by atoms with Crippen molar-refractivity contribution >= 4 is 27.3 Å². The fraction of sp³-hybridized carbons (Fsp3) is 0.172. The Labute approximate surface area is 212 Å². The second kappa shape index (κ2) is 9.95. The molecule has 3 aromatic rings. The molecule has 0 unspecified atom stereocenters. The molecular formula is C29H29N3O3S. The Hall–Kier alpha value is -3.97. The number of amides is 1. The average molecular weight is 500 g/mol. The van der Waals surface area contributed by atoms with Crippen molar-refractivity contribution in [3.8, 4) is 22.4 Å². The summed E-state index contributed by atoms with van der Waals surface area (Å²) >= 11 is 0. The van der Waals surface area contributed by atoms with E-state index in [0.29, 0.717) is 22.5 Å². The van der Waals surface area contributed by atoms with Gasteiger partial charge in [0.1, 0.15) is 0 Å². The lowest BCUT2D eigenvalue weighted by Gasteiger charge is -2.19. The molecule has 0 spiro atoms. The van der Waals surface area contributed by atoms with E-state index in [0.717, 1.165) is 11.9 Å². The van der Waals surface area contributed by atoms with E-state index in [1.807, 2.05) is 24.3 Å². The van der Waals surface area contributed by atoms with Crippen LogP contribution in [0.4, 0.5) is 11.4 Å². The van der Waals surface area contributed by atoms with Crippen LogP contribution in [0.15, 0.2) is 91.1 Å². The Kier molecular flexibility index (Phi) is 6.95. The Morgan fingerprint density at radius 1 is 0.806 bits per heavy atom. The first kappa shape index (κ1) is 25.1. The van der Waals surface area contributed by atoms with Crippen LogP contribution in [-0.4, -0.2) is 25.6 Å². The fourth-order valence-electron chi connectivity index (χ4n) is 3.63. The molecule has 184 valence electrons. The van der Waals surface area contributed by atoms with Gasteiger partial charge in [0.2, 0.25) is 10.0 Å². The summed E-state index contributed by atoms with van der Waals surface area (Å²) in [5.74, 6) is -0.222. The fourth-order valence-corrected chi connectivity index (χ4v) is 4.19. The monoisotopic (exact) mass is 499 g/mol. The topological polar surface area (TPSA) is 88.2 Å². The molecule has 2 aliphatic rings. The summed E-state index contributed by atoms with van der Waals surface area (Å²) in [5, 5.41) is 2.89. The molecule has 2 aromatic carbocycles. The number of sulfonamides is 1. The smallest absolute Gasteiger partial charge is 0.255 e. The minimum absolute atomic E-state index is 0.0503. The maximum atomic E-state index is 12.6. The molecule has 0 atom stereocenters. The molecule has 0 saturated heterocycles. The molecular weight excluding hydrogens is 470 g/mol. The number of carbonyl (C=O) groups is 1. The van der Waals surface area contributed by atoms with Gasteiger partial charge >= 0.3 is 0 Å². The Morgan fingerprint density at radius 3 is 1.94 bits per heavy atom. The summed E-state index contributed by atoms with van der Waals surface area (Å²) in [6, 6.07) is 26.4. The third kappa shape index (κ3) is 6.58. The predicted molar refractivity (Wildman–Crippen MR) is 147 cm³/mol. The van der Waals surface area contributed by atoms with Crippen LogP contribution in [0.25, 0.3) is 22.4 Å². The normalized spacial score (nSPS) is 11.7. The Morgan fingerprint density at radius 2 is 1.44 bits per heavy atom. The first-order valence-corrected chi connectivity index (χ1v) is 13.4. The van der Waals surface area contributed by atoms with Crippen molar-refractivity contribution in [2.24, 2.45) is 0 Å². The van der Waals surface area contributed by atoms with E-state index in [4.69, 9.17) is 0 Å². The molecule has 36 heavy (non-hydrogen) atoms. The first-order valence-electron chi connectivity index (χ1n) is 11.6. The zero-order valence-electron chi connectivity index (χ0n) is 20.7. The maximum Gasteiger partial charge on any atom is 0.255 e. The lowest BCUT2D eigenvalue weighted by Crippen LogP contribution is -2.13. The second-order valence-corrected chi connectivity index (χ2v) is 11.5. The van der Waals surface area contributed by atoms with Gasteiger partial charge in [-0.2, -0.15) is 0 Å². The van der Waals surface area contributed by atoms with E-state index in [-0.39, 0.29) is 11.3 Å². The van der Waals surface area contributed by atoms with Crippen LogP contribution < -0.4 is 10.0 Å². The summed E-state index contributed by atoms with van der Waals surface area (Å²) in [5.41, 5.74) is 6.89. The number of pyridine rings is 1. The molecule has 0 bridgehead atoms. The maximum absolute atomic E-state index is 12.6. The quantitative estimate of drug-likeness (QED) is 0.295. The third-order valence-electron chi connectivity index (χ3n) is 5.64. The number of nitrogens with one attached hydrogen (secondary N) is 2. The number of aromatic nitrogens is 1. The van der Waals surface area contributed by atoms with Gasteiger partial charge in [0.15, 0.2) is 0 Å². The van der Waals surface area contributed by atoms with Gasteiger partial charge in [-0.05, 0) is 64.6 Å². The van der Waals surface area contributed by atoms with Crippen molar-refractivity contribution in [2.45, 2.75) is 26.2 Å². The van der Waals surface area contributed by atoms with Gasteiger partial charge < -0.3 is 5.32 Å². The van der Waals surface area contributed by atoms with Crippen molar-refractivity contribution in [3.63, 3.8) is 0 Å². The average Bonchev–Trinajstić information content (AvgIpc) is 3.43. The van der Waals surface area contributed by atoms with Gasteiger partial charge in [-0.1, -0.05) is 63.2 Å². The molecule has 7 heteroatoms. The first-order chi connectivity index (χ1) is 17.0. The molecule has 0 fully saturated rings. The minimum Gasteiger partial charge on any atom is -0.322 e. The number of rotatable bonds is 5. The summed E-state index contributed by atoms with van der Waals surface area (Å²) < 4.78 is 25.6. The molecule has 5 rings (SSSR count). The van der Waals surface area contributed by atoms with Crippen LogP contribution in [0.1, 0.15) is 36.7 Å². The van der Waals surface area contributed by atoms with Crippen molar-refractivity contribution in [1.29, 1.82) is 0 Å². The van der Waals surface area contributed by atoms with Crippen LogP contribution in [0, 0.1) is 0 Å². The van der Waals surface area contributed by atoms with Crippen LogP contribution in [-0.2, 0) is 15.4 Å². The van der Waals surface area contributed by atoms with E-state index in [9.17, 15) is 13.2 Å². The molecule has 2 aliphatic carbocycles. The van der Waals surface area contributed by atoms with Crippen molar-refractivity contribution in [2.75, 3.05) is 16.3 Å². The largest absolute Gasteiger partial charge is 0.322 e. The highest BCUT2D eigenvalue weighted by atomic mass is 32.2. The van der Waals surface area contributed by atoms with Crippen LogP contribution >= 0.6 is 0 Å². The zero-order chi connectivity index (χ0) is 25.9. The predicted octanol–water partition coefficient (Wildman–Crippen LogP) is 6.34. The highest BCUT2D eigenvalue weighted by Crippen LogP contribution is 2.32. The number of nitrogens with zero attached hydrogens (tertiary/aromatic N) is 1. The molecule has 0 aliphatic heterocycles. The number of anilines is 2. The lowest BCUT2D eigenvalue weighted by atomic mass is 9.87. The molecule has 1 aromatic heterocycles. The summed E-state index contributed by atoms with van der Waals surface area (Å²) in [6.07, 6.45) is 2.68. The van der Waals surface area contributed by atoms with Crippen molar-refractivity contribution < 1.29 is 13.2 Å². The Bertz CT molecular complexity index is 1470. The van der Waals surface area contributed by atoms with E-state index >= 15 is 0 Å². The van der Waals surface area contributed by atoms with Crippen LogP contribution in [0.2, 0.25) is 0 Å². The summed E-state index contributed by atoms with van der Waals surface area (Å²) in [6.45, 7) is 6.42. The molecule has 1 heterocycles. The lowest BCUT2D eigenvalue weighted by molar-refractivity contribution is 0.102. The van der Waals surface area contributed by atoms with E-state index in [1.165, 1.54) is 16.7 Å². The molecule has 1 amide bonds. The van der Waals surface area contributed by atoms with Crippen LogP contribution in [0.3, 0.4) is 0 Å². The van der Waals surface area contributed by atoms with Crippen LogP contribution in [0.5, 0.6) is 0 Å². The van der Waals surface area contributed by atoms with E-state index in [1.54, 1.807) is 42.6 Å². The Balaban J connectivity index is 0.000000434. The van der Waals surface area contributed by atoms with E-state index < -0.39 is 10.0 Å². The van der Waals surface area contributed by atoms with Gasteiger partial charge in [0.25, 0.3) is 5.91 Å². The molecule has 0 saturated carbocycles. The van der Waals surface area contributed by atoms with Gasteiger partial charge in [-0.25, -0.2) is 8.42 Å². The number of fused-ring (bicyclic) bond motifs is 1. The van der Waals surface area contributed by atoms with Gasteiger partial charge in [0, 0.05) is 23.0 Å². The highest BCUT2D eigenvalue weighted by Gasteiger charge is 2.14. The number of carbonyl (C=O) groups excluding carboxylic acids is 1. The standard InChI is InChI=1S/C23H25N3O3S.C6H4/c1-23(2,3)18-11-13-19(14-12-18)25-22(27)17-9-7-16(8-10-17)21-20(6-5-15-24-21)26-30(4,28)29;1-2-5-4-6(5)3-1/h5-15,26H,1-4H3,(H,25,27);1-4H. The zero-order valence-corrected chi connectivity index (χ0v) is 21.6. The number of hydrogen-bond donors (Lipinski definition) is 2. The van der Waals surface area contributed by atoms with Crippen molar-refractivity contribution in [1.82, 2.24) is 4.98 Å². The molecule has 0 radical (unpaired) electrons. The second-order valence-electron chi connectivity index (χ2n) is 9.71. The highest BCUT2D eigenvalue weighted by molar-refractivity contribution is 7.92. The van der Waals surface area contributed by atoms with Gasteiger partial charge in [-0.3, -0.25) is 14.5 Å². The molecule has 6 nitrogen and oxygen atoms in total. The van der Waals surface area contributed by atoms with Gasteiger partial charge in [0.05, 0.1) is 17.6 Å². The third-order valence-corrected chi connectivity index (χ3v) is 6.24. The summed E-state index contributed by atoms with van der Waals surface area (Å²) in [4.78, 5) is 16.9. The van der Waals surface area contributed by atoms with E-state index in [2.05, 4.69) is 60.1 Å². The SMILES string of the molecule is CC(C)(C)c1ccc(NC(=O)c2ccc(-c3ncccc3NS(C)(=O)=O)cc2)cc1.c1cc2cc-2c1.